The van der Waals surface area contributed by atoms with Gasteiger partial charge in [-0.25, -0.2) is 4.79 Å². The molecule has 8 aliphatic carbocycles. The molecule has 9 aliphatic heterocycles. The Morgan fingerprint density at radius 2 is 0.853 bits per heavy atom. The van der Waals surface area contributed by atoms with Crippen LogP contribution >= 0.6 is 0 Å². The summed E-state index contributed by atoms with van der Waals surface area (Å²) in [6.45, 7) is 10.4. The average molecular weight is 1350 g/mol. The number of hydrogen-bond acceptors (Lipinski definition) is 21. The second-order valence-electron chi connectivity index (χ2n) is 34.3. The lowest BCUT2D eigenvalue weighted by Gasteiger charge is -2.64. The number of cyclic esters (lactones) is 1. The summed E-state index contributed by atoms with van der Waals surface area (Å²) < 4.78 is 42.2. The van der Waals surface area contributed by atoms with Crippen LogP contribution in [0.1, 0.15) is 214 Å². The summed E-state index contributed by atoms with van der Waals surface area (Å²) in [6, 6.07) is 0. The van der Waals surface area contributed by atoms with E-state index in [2.05, 4.69) is 56.4 Å². The molecule has 8 saturated carbocycles. The second kappa shape index (κ2) is 28.0. The van der Waals surface area contributed by atoms with E-state index in [1.165, 1.54) is 103 Å². The van der Waals surface area contributed by atoms with E-state index >= 15 is 0 Å². The van der Waals surface area contributed by atoms with Gasteiger partial charge < -0.3 is 58.7 Å². The molecule has 8 bridgehead atoms. The fourth-order valence-electron chi connectivity index (χ4n) is 24.8. The molecular formula is C73H124N8O13Si. The van der Waals surface area contributed by atoms with Gasteiger partial charge in [-0.15, -0.1) is 0 Å². The number of hydrogen-bond donors (Lipinski definition) is 13. The highest BCUT2D eigenvalue weighted by molar-refractivity contribution is 5.85. The lowest BCUT2D eigenvalue weighted by molar-refractivity contribution is -0.336. The van der Waals surface area contributed by atoms with E-state index in [1.807, 2.05) is 6.92 Å². The molecule has 0 radical (unpaired) electrons. The molecular weight excluding hydrogens is 1220 g/mol. The van der Waals surface area contributed by atoms with Crippen LogP contribution in [-0.4, -0.2) is 184 Å². The first-order valence-electron chi connectivity index (χ1n) is 38.7. The molecule has 13 N–H and O–H groups in total. The highest BCUT2D eigenvalue weighted by Gasteiger charge is 2.68. The van der Waals surface area contributed by atoms with Gasteiger partial charge in [0.05, 0.1) is 97.7 Å². The molecule has 0 spiro atoms. The zero-order valence-corrected chi connectivity index (χ0v) is 57.1. The van der Waals surface area contributed by atoms with Crippen LogP contribution in [0.3, 0.4) is 0 Å². The van der Waals surface area contributed by atoms with Gasteiger partial charge in [-0.05, 0) is 223 Å². The Morgan fingerprint density at radius 1 is 0.453 bits per heavy atom. The molecule has 28 atom stereocenters. The smallest absolute Gasteiger partial charge is 0.331 e. The monoisotopic (exact) mass is 1350 g/mol. The third kappa shape index (κ3) is 12.8. The quantitative estimate of drug-likeness (QED) is 0.0956. The predicted molar refractivity (Wildman–Crippen MR) is 360 cm³/mol. The van der Waals surface area contributed by atoms with Crippen molar-refractivity contribution in [1.82, 2.24) is 42.5 Å². The van der Waals surface area contributed by atoms with Gasteiger partial charge >= 0.3 is 5.97 Å². The van der Waals surface area contributed by atoms with E-state index in [1.54, 1.807) is 19.9 Å². The van der Waals surface area contributed by atoms with Crippen LogP contribution in [0.2, 0.25) is 0 Å². The van der Waals surface area contributed by atoms with Crippen LogP contribution in [0.15, 0.2) is 11.6 Å². The van der Waals surface area contributed by atoms with Crippen molar-refractivity contribution in [3.05, 3.63) is 11.6 Å². The molecule has 95 heavy (non-hydrogen) atoms. The number of aliphatic hydroxyl groups is 5. The Kier molecular flexibility index (Phi) is 20.5. The topological polar surface area (TPSA) is 279 Å². The van der Waals surface area contributed by atoms with Gasteiger partial charge in [0.1, 0.15) is 24.9 Å². The third-order valence-electron chi connectivity index (χ3n) is 29.7. The third-order valence-corrected chi connectivity index (χ3v) is 29.7. The number of carbonyl (C=O) groups is 1. The maximum atomic E-state index is 12.6. The Morgan fingerprint density at radius 3 is 1.24 bits per heavy atom. The van der Waals surface area contributed by atoms with Crippen molar-refractivity contribution >= 4 is 16.9 Å². The van der Waals surface area contributed by atoms with Gasteiger partial charge in [-0.3, -0.25) is 42.5 Å². The molecule has 0 aromatic heterocycles. The minimum Gasteiger partial charge on any atom is -0.458 e. The summed E-state index contributed by atoms with van der Waals surface area (Å²) in [5.41, 5.74) is 0.215. The molecule has 9 heterocycles. The molecule has 21 nitrogen and oxygen atoms in total. The molecule has 0 aromatic carbocycles. The standard InChI is InChI=1S/C41H64O13.C32H56N8.H4Si/c1-20-36(46)29(42)16-34(49-20)53-38-22(3)51-35(18-31(38)44)54-37-21(2)50-33(17-30(37)43)52-25-8-11-39(4)24(15-25)6-7-28-27(39)9-12-40(5)26(10-13-41(28,40)47)23-14-32(45)48-19-23;1-2-10-18-17(9-1)25-33-26(18)38-28-21-13-5-6-14-22(21)30(35-28)40-32-24-16-8-7-15-23(24)31(36-32)39-29-20-12-4-3-11-19(20)27(34-29)37-25;/h14,20-22,24-31,33-38,42-44,46-47H,6-13,15-19H2,1-5H3;17-40H,1-16H2;1H4/t20-,21-,22-,24-,25+,26-,27+,28-,29+,30+,31+,33+,34+,35+,36-,37-,38-,39+,40-,41+;;/m1../s1. The zero-order valence-electron chi connectivity index (χ0n) is 57.1. The van der Waals surface area contributed by atoms with Crippen LogP contribution in [0.25, 0.3) is 0 Å². The summed E-state index contributed by atoms with van der Waals surface area (Å²) in [6.07, 6.45) is 27.5. The van der Waals surface area contributed by atoms with Gasteiger partial charge in [0, 0.05) is 30.8 Å². The first-order valence-corrected chi connectivity index (χ1v) is 38.7. The van der Waals surface area contributed by atoms with Crippen LogP contribution in [0.4, 0.5) is 0 Å². The molecule has 16 fully saturated rings. The van der Waals surface area contributed by atoms with Crippen LogP contribution in [0.5, 0.6) is 0 Å². The molecule has 8 saturated heterocycles. The van der Waals surface area contributed by atoms with Crippen molar-refractivity contribution in [1.29, 1.82) is 0 Å². The van der Waals surface area contributed by atoms with Crippen molar-refractivity contribution < 1.29 is 63.5 Å². The first-order chi connectivity index (χ1) is 45.4. The molecule has 538 valence electrons. The van der Waals surface area contributed by atoms with Gasteiger partial charge in [0.25, 0.3) is 0 Å². The molecule has 0 aromatic rings. The molecule has 8 unspecified atom stereocenters. The molecule has 22 heteroatoms. The molecule has 0 amide bonds. The highest BCUT2D eigenvalue weighted by Crippen LogP contribution is 2.70. The van der Waals surface area contributed by atoms with Crippen LogP contribution in [-0.2, 0) is 38.0 Å². The van der Waals surface area contributed by atoms with E-state index in [4.69, 9.17) is 33.2 Å². The minimum atomic E-state index is -0.996. The summed E-state index contributed by atoms with van der Waals surface area (Å²) >= 11 is 0. The Labute approximate surface area is 569 Å². The Hall–Kier alpha value is -1.33. The zero-order chi connectivity index (χ0) is 64.5. The maximum absolute atomic E-state index is 12.6. The van der Waals surface area contributed by atoms with Gasteiger partial charge in [-0.2, -0.15) is 0 Å². The molecule has 17 aliphatic rings. The number of nitrogens with one attached hydrogen (secondary N) is 8. The Bertz CT molecular complexity index is 2450. The summed E-state index contributed by atoms with van der Waals surface area (Å²) in [5.74, 6) is 7.10. The van der Waals surface area contributed by atoms with E-state index < -0.39 is 79.4 Å². The predicted octanol–water partition coefficient (Wildman–Crippen LogP) is 4.40. The summed E-state index contributed by atoms with van der Waals surface area (Å²) in [7, 11) is 0. The lowest BCUT2D eigenvalue weighted by atomic mass is 9.43. The lowest BCUT2D eigenvalue weighted by Crippen LogP contribution is -2.62. The summed E-state index contributed by atoms with van der Waals surface area (Å²) in [5, 5.41) is 88.8. The van der Waals surface area contributed by atoms with Crippen molar-refractivity contribution in [3.63, 3.8) is 0 Å². The van der Waals surface area contributed by atoms with E-state index in [0.717, 1.165) is 111 Å². The van der Waals surface area contributed by atoms with Crippen molar-refractivity contribution in [2.45, 2.75) is 349 Å². The fraction of sp³-hybridized carbons (Fsp3) is 0.959. The van der Waals surface area contributed by atoms with Gasteiger partial charge in [0.2, 0.25) is 0 Å². The largest absolute Gasteiger partial charge is 0.458 e. The number of rotatable bonds is 7. The normalized spacial score (nSPS) is 55.5. The number of fused-ring (bicyclic) bond motifs is 25. The average Bonchev–Trinajstić information content (AvgIpc) is 1.65. The highest BCUT2D eigenvalue weighted by atomic mass is 28.1. The number of aliphatic hydroxyl groups excluding tert-OH is 4. The fourth-order valence-corrected chi connectivity index (χ4v) is 24.8. The van der Waals surface area contributed by atoms with Crippen molar-refractivity contribution in [3.8, 4) is 0 Å². The Balaban J connectivity index is 0.000000161. The van der Waals surface area contributed by atoms with E-state index in [-0.39, 0.29) is 65.0 Å². The number of carbonyl (C=O) groups excluding carboxylic acids is 1. The SMILES string of the molecule is C1CCC2C3NC(NC4NC(NC5NC(NC6NC(N3)C3CCCCC63)C3CCCCC53)C3CCCCC43)C2C1.C[C@H]1O[C@@H](O[C@H]2[C@@H](O)C[C@H](O[C@H]3[C@@H](O)C[C@H](O[C@H]4CC[C@@]5(C)[C@H](CC[C@@H]6[C@@H]5CC[C@]5(C)[C@@H](C7=CC(=O)OC7)CC[C@]65O)C4)O[C@@H]3C)O[C@@H]2C)C[C@H](O)[C@@H]1O.[SiH4]. The van der Waals surface area contributed by atoms with E-state index in [9.17, 15) is 30.3 Å². The number of ether oxygens (including phenoxy) is 7. The van der Waals surface area contributed by atoms with Crippen molar-refractivity contribution in [2.24, 2.45) is 81.8 Å². The van der Waals surface area contributed by atoms with Crippen LogP contribution < -0.4 is 42.5 Å². The van der Waals surface area contributed by atoms with E-state index in [0.29, 0.717) is 67.8 Å². The van der Waals surface area contributed by atoms with Crippen molar-refractivity contribution in [2.75, 3.05) is 6.61 Å². The van der Waals surface area contributed by atoms with Gasteiger partial charge in [-0.1, -0.05) is 65.2 Å². The summed E-state index contributed by atoms with van der Waals surface area (Å²) in [4.78, 5) is 11.9. The van der Waals surface area contributed by atoms with Crippen LogP contribution in [0, 0.1) is 81.8 Å². The first kappa shape index (κ1) is 69.4. The minimum absolute atomic E-state index is 0. The molecule has 17 rings (SSSR count). The maximum Gasteiger partial charge on any atom is 0.331 e. The second-order valence-corrected chi connectivity index (χ2v) is 34.3. The van der Waals surface area contributed by atoms with Gasteiger partial charge in [0.15, 0.2) is 18.9 Å². The number of esters is 1.